The quantitative estimate of drug-likeness (QED) is 0.423. The van der Waals surface area contributed by atoms with Crippen molar-refractivity contribution in [1.82, 2.24) is 10.2 Å². The third-order valence-corrected chi connectivity index (χ3v) is 4.45. The number of aryl methyl sites for hydroxylation is 1. The number of hydrogen-bond donors (Lipinski definition) is 2. The van der Waals surface area contributed by atoms with Gasteiger partial charge < -0.3 is 15.4 Å². The number of amides is 4. The number of benzene rings is 2. The maximum absolute atomic E-state index is 12.6. The number of rotatable bonds is 7. The van der Waals surface area contributed by atoms with E-state index in [1.54, 1.807) is 30.3 Å². The number of nitrogens with one attached hydrogen (secondary N) is 2. The van der Waals surface area contributed by atoms with E-state index in [0.29, 0.717) is 17.0 Å². The molecule has 1 aliphatic rings. The Kier molecular flexibility index (Phi) is 6.50. The molecule has 7 nitrogen and oxygen atoms in total. The SMILES string of the molecule is C#CCOc1ccc(/C=C2/NC(=O)N(CC(=O)Nc3ccccc3CC)C2=O)cc1. The van der Waals surface area contributed by atoms with Gasteiger partial charge in [-0.2, -0.15) is 0 Å². The highest BCUT2D eigenvalue weighted by Gasteiger charge is 2.34. The second-order valence-electron chi connectivity index (χ2n) is 6.50. The predicted octanol–water partition coefficient (Wildman–Crippen LogP) is 2.79. The van der Waals surface area contributed by atoms with Crippen LogP contribution in [0.15, 0.2) is 54.2 Å². The molecule has 0 saturated carbocycles. The summed E-state index contributed by atoms with van der Waals surface area (Å²) in [5, 5.41) is 5.26. The van der Waals surface area contributed by atoms with Gasteiger partial charge in [-0.05, 0) is 41.8 Å². The molecule has 1 aliphatic heterocycles. The summed E-state index contributed by atoms with van der Waals surface area (Å²) in [5.41, 5.74) is 2.42. The summed E-state index contributed by atoms with van der Waals surface area (Å²) in [6, 6.07) is 13.6. The van der Waals surface area contributed by atoms with Gasteiger partial charge in [-0.25, -0.2) is 9.69 Å². The lowest BCUT2D eigenvalue weighted by atomic mass is 10.1. The molecule has 2 N–H and O–H groups in total. The zero-order valence-electron chi connectivity index (χ0n) is 16.5. The van der Waals surface area contributed by atoms with E-state index in [0.717, 1.165) is 16.9 Å². The van der Waals surface area contributed by atoms with E-state index in [9.17, 15) is 14.4 Å². The molecule has 1 saturated heterocycles. The molecule has 0 aliphatic carbocycles. The second kappa shape index (κ2) is 9.43. The Bertz CT molecular complexity index is 1040. The molecule has 0 bridgehead atoms. The average Bonchev–Trinajstić information content (AvgIpc) is 3.01. The summed E-state index contributed by atoms with van der Waals surface area (Å²) in [6.45, 7) is 1.76. The van der Waals surface area contributed by atoms with Crippen LogP contribution in [-0.2, 0) is 16.0 Å². The van der Waals surface area contributed by atoms with Gasteiger partial charge in [0.25, 0.3) is 5.91 Å². The van der Waals surface area contributed by atoms with Gasteiger partial charge in [-0.3, -0.25) is 9.59 Å². The number of ether oxygens (including phenoxy) is 1. The van der Waals surface area contributed by atoms with Crippen molar-refractivity contribution in [3.63, 3.8) is 0 Å². The first-order chi connectivity index (χ1) is 14.5. The molecule has 2 aromatic carbocycles. The van der Waals surface area contributed by atoms with Gasteiger partial charge in [-0.1, -0.05) is 43.2 Å². The molecule has 0 atom stereocenters. The summed E-state index contributed by atoms with van der Waals surface area (Å²) < 4.78 is 5.30. The van der Waals surface area contributed by atoms with Crippen LogP contribution in [-0.4, -0.2) is 35.9 Å². The fraction of sp³-hybridized carbons (Fsp3) is 0.174. The fourth-order valence-electron chi connectivity index (χ4n) is 2.95. The molecule has 4 amide bonds. The Morgan fingerprint density at radius 3 is 2.63 bits per heavy atom. The third kappa shape index (κ3) is 4.86. The summed E-state index contributed by atoms with van der Waals surface area (Å²) in [5.74, 6) is 1.97. The van der Waals surface area contributed by atoms with Crippen LogP contribution in [0.1, 0.15) is 18.1 Å². The first-order valence-corrected chi connectivity index (χ1v) is 9.40. The Labute approximate surface area is 174 Å². The molecular formula is C23H21N3O4. The smallest absolute Gasteiger partial charge is 0.329 e. The minimum absolute atomic E-state index is 0.0963. The van der Waals surface area contributed by atoms with Crippen LogP contribution in [0.25, 0.3) is 6.08 Å². The standard InChI is InChI=1S/C23H21N3O4/c1-3-13-30-18-11-9-16(10-12-18)14-20-22(28)26(23(29)25-20)15-21(27)24-19-8-6-5-7-17(19)4-2/h1,5-12,14H,4,13,15H2,2H3,(H,24,27)(H,25,29)/b20-14+. The van der Waals surface area contributed by atoms with Crippen molar-refractivity contribution in [2.24, 2.45) is 0 Å². The van der Waals surface area contributed by atoms with Gasteiger partial charge in [0.1, 0.15) is 24.6 Å². The number of carbonyl (C=O) groups is 3. The highest BCUT2D eigenvalue weighted by Crippen LogP contribution is 2.18. The Morgan fingerprint density at radius 2 is 1.93 bits per heavy atom. The fourth-order valence-corrected chi connectivity index (χ4v) is 2.95. The number of hydrogen-bond acceptors (Lipinski definition) is 4. The molecule has 152 valence electrons. The summed E-state index contributed by atoms with van der Waals surface area (Å²) in [6.07, 6.45) is 7.44. The normalized spacial score (nSPS) is 14.4. The van der Waals surface area contributed by atoms with Crippen LogP contribution in [0.2, 0.25) is 0 Å². The van der Waals surface area contributed by atoms with Crippen LogP contribution in [0.3, 0.4) is 0 Å². The molecule has 0 aromatic heterocycles. The largest absolute Gasteiger partial charge is 0.481 e. The van der Waals surface area contributed by atoms with E-state index in [4.69, 9.17) is 11.2 Å². The van der Waals surface area contributed by atoms with E-state index in [1.807, 2.05) is 25.1 Å². The maximum Gasteiger partial charge on any atom is 0.329 e. The van der Waals surface area contributed by atoms with Gasteiger partial charge in [0.05, 0.1) is 0 Å². The van der Waals surface area contributed by atoms with Crippen LogP contribution in [0.5, 0.6) is 5.75 Å². The number of terminal acetylenes is 1. The molecular weight excluding hydrogens is 382 g/mol. The van der Waals surface area contributed by atoms with E-state index >= 15 is 0 Å². The van der Waals surface area contributed by atoms with Crippen molar-refractivity contribution in [2.75, 3.05) is 18.5 Å². The average molecular weight is 403 g/mol. The van der Waals surface area contributed by atoms with Crippen molar-refractivity contribution in [3.8, 4) is 18.1 Å². The van der Waals surface area contributed by atoms with E-state index < -0.39 is 17.8 Å². The number of nitrogens with zero attached hydrogens (tertiary/aromatic N) is 1. The van der Waals surface area contributed by atoms with Gasteiger partial charge in [0.15, 0.2) is 0 Å². The number of urea groups is 1. The molecule has 30 heavy (non-hydrogen) atoms. The van der Waals surface area contributed by atoms with E-state index in [1.165, 1.54) is 6.08 Å². The van der Waals surface area contributed by atoms with Crippen molar-refractivity contribution in [2.45, 2.75) is 13.3 Å². The predicted molar refractivity (Wildman–Crippen MR) is 113 cm³/mol. The monoisotopic (exact) mass is 403 g/mol. The lowest BCUT2D eigenvalue weighted by Gasteiger charge is -2.13. The van der Waals surface area contributed by atoms with Crippen LogP contribution in [0, 0.1) is 12.3 Å². The Morgan fingerprint density at radius 1 is 1.20 bits per heavy atom. The minimum Gasteiger partial charge on any atom is -0.481 e. The van der Waals surface area contributed by atoms with Crippen molar-refractivity contribution in [1.29, 1.82) is 0 Å². The van der Waals surface area contributed by atoms with Gasteiger partial charge in [0, 0.05) is 5.69 Å². The Balaban J connectivity index is 1.66. The highest BCUT2D eigenvalue weighted by atomic mass is 16.5. The topological polar surface area (TPSA) is 87.7 Å². The summed E-state index contributed by atoms with van der Waals surface area (Å²) in [7, 11) is 0. The van der Waals surface area contributed by atoms with Crippen molar-refractivity contribution in [3.05, 3.63) is 65.4 Å². The van der Waals surface area contributed by atoms with Crippen molar-refractivity contribution < 1.29 is 19.1 Å². The summed E-state index contributed by atoms with van der Waals surface area (Å²) in [4.78, 5) is 38.0. The zero-order chi connectivity index (χ0) is 21.5. The van der Waals surface area contributed by atoms with Crippen molar-refractivity contribution >= 4 is 29.6 Å². The molecule has 0 unspecified atom stereocenters. The lowest BCUT2D eigenvalue weighted by molar-refractivity contribution is -0.127. The zero-order valence-corrected chi connectivity index (χ0v) is 16.5. The van der Waals surface area contributed by atoms with E-state index in [2.05, 4.69) is 16.6 Å². The first kappa shape index (κ1) is 20.7. The third-order valence-electron chi connectivity index (χ3n) is 4.45. The molecule has 1 heterocycles. The van der Waals surface area contributed by atoms with E-state index in [-0.39, 0.29) is 18.8 Å². The van der Waals surface area contributed by atoms with Crippen LogP contribution < -0.4 is 15.4 Å². The molecule has 0 spiro atoms. The van der Waals surface area contributed by atoms with Crippen LogP contribution >= 0.6 is 0 Å². The number of para-hydroxylation sites is 1. The second-order valence-corrected chi connectivity index (χ2v) is 6.50. The van der Waals surface area contributed by atoms with Gasteiger partial charge in [0.2, 0.25) is 5.91 Å². The lowest BCUT2D eigenvalue weighted by Crippen LogP contribution is -2.38. The number of anilines is 1. The highest BCUT2D eigenvalue weighted by molar-refractivity contribution is 6.16. The molecule has 1 fully saturated rings. The molecule has 0 radical (unpaired) electrons. The maximum atomic E-state index is 12.6. The summed E-state index contributed by atoms with van der Waals surface area (Å²) >= 11 is 0. The first-order valence-electron chi connectivity index (χ1n) is 9.40. The minimum atomic E-state index is -0.640. The molecule has 3 rings (SSSR count). The van der Waals surface area contributed by atoms with Gasteiger partial charge in [-0.15, -0.1) is 6.42 Å². The van der Waals surface area contributed by atoms with Gasteiger partial charge >= 0.3 is 6.03 Å². The number of carbonyl (C=O) groups excluding carboxylic acids is 3. The molecule has 7 heteroatoms. The Hall–Kier alpha value is -4.05. The number of imide groups is 1. The van der Waals surface area contributed by atoms with Crippen LogP contribution in [0.4, 0.5) is 10.5 Å². The molecule has 2 aromatic rings.